The number of halogens is 1. The molecule has 0 radical (unpaired) electrons. The fourth-order valence-electron chi connectivity index (χ4n) is 9.16. The molecule has 5 rings (SSSR count). The number of rotatable bonds is 18. The van der Waals surface area contributed by atoms with Crippen molar-refractivity contribution in [2.75, 3.05) is 52.1 Å². The van der Waals surface area contributed by atoms with Gasteiger partial charge in [0.15, 0.2) is 5.72 Å². The molecule has 1 aliphatic carbocycles. The van der Waals surface area contributed by atoms with Crippen molar-refractivity contribution in [1.29, 1.82) is 0 Å². The molecule has 4 N–H and O–H groups in total. The highest BCUT2D eigenvalue weighted by Gasteiger charge is 2.62. The van der Waals surface area contributed by atoms with E-state index in [0.717, 1.165) is 21.6 Å². The van der Waals surface area contributed by atoms with Gasteiger partial charge in [-0.3, -0.25) is 24.5 Å². The zero-order valence-corrected chi connectivity index (χ0v) is 50.3. The largest absolute Gasteiger partial charge is 0.495 e. The van der Waals surface area contributed by atoms with Crippen LogP contribution in [-0.2, 0) is 55.9 Å². The minimum Gasteiger partial charge on any atom is -0.495 e. The summed E-state index contributed by atoms with van der Waals surface area (Å²) in [7, 11) is 8.62. The Morgan fingerprint density at radius 1 is 1.04 bits per heavy atom. The number of amides is 5. The molecule has 0 spiro atoms. The van der Waals surface area contributed by atoms with Crippen LogP contribution in [0.2, 0.25) is 5.02 Å². The van der Waals surface area contributed by atoms with Crippen molar-refractivity contribution in [3.63, 3.8) is 0 Å². The van der Waals surface area contributed by atoms with E-state index in [2.05, 4.69) is 16.0 Å². The minimum atomic E-state index is -1.82. The molecule has 1 saturated heterocycles. The van der Waals surface area contributed by atoms with Crippen molar-refractivity contribution in [2.24, 2.45) is 22.7 Å². The second kappa shape index (κ2) is 27.5. The van der Waals surface area contributed by atoms with Gasteiger partial charge in [0.05, 0.1) is 25.0 Å². The molecule has 2 aromatic carbocycles. The average Bonchev–Trinajstić information content (AvgIpc) is 4.26. The van der Waals surface area contributed by atoms with Crippen LogP contribution in [0.4, 0.5) is 15.3 Å². The van der Waals surface area contributed by atoms with Crippen LogP contribution in [0.1, 0.15) is 106 Å². The summed E-state index contributed by atoms with van der Waals surface area (Å²) in [4.78, 5) is 96.4. The summed E-state index contributed by atoms with van der Waals surface area (Å²) in [5.74, 6) is -1.83. The number of ether oxygens (including phenoxy) is 5. The van der Waals surface area contributed by atoms with E-state index in [9.17, 15) is 38.7 Å². The zero-order chi connectivity index (χ0) is 57.9. The molecule has 18 nitrogen and oxygen atoms in total. The van der Waals surface area contributed by atoms with E-state index in [1.165, 1.54) is 64.4 Å². The number of fused-ring (bicyclic) bond motifs is 5. The Morgan fingerprint density at radius 2 is 1.72 bits per heavy atom. The summed E-state index contributed by atoms with van der Waals surface area (Å²) in [5, 5.41) is 20.2. The summed E-state index contributed by atoms with van der Waals surface area (Å²) in [6.45, 7) is 17.1. The molecule has 2 aliphatic heterocycles. The van der Waals surface area contributed by atoms with Crippen LogP contribution in [0.15, 0.2) is 65.1 Å². The molecule has 3 aliphatic rings. The van der Waals surface area contributed by atoms with Crippen molar-refractivity contribution < 1.29 is 62.4 Å². The lowest BCUT2D eigenvalue weighted by Gasteiger charge is -2.42. The number of allylic oxidation sites excluding steroid dienone is 3. The molecule has 22 heteroatoms. The van der Waals surface area contributed by atoms with Gasteiger partial charge in [-0.25, -0.2) is 14.4 Å². The van der Waals surface area contributed by atoms with Gasteiger partial charge in [-0.05, 0) is 102 Å². The third-order valence-corrected chi connectivity index (χ3v) is 19.0. The maximum Gasteiger partial charge on any atom is 0.409 e. The van der Waals surface area contributed by atoms with Gasteiger partial charge < -0.3 is 49.2 Å². The molecule has 1 saturated carbocycles. The predicted molar refractivity (Wildman–Crippen MR) is 305 cm³/mol. The number of likely N-dealkylation sites (N-methyl/N-ethyl adjacent to an activating group) is 1. The van der Waals surface area contributed by atoms with E-state index >= 15 is 0 Å². The number of carbonyl (C=O) groups is 7. The molecule has 8 atom stereocenters. The van der Waals surface area contributed by atoms with E-state index in [-0.39, 0.29) is 78.5 Å². The number of carbonyl (C=O) groups excluding carboxylic acids is 7. The first kappa shape index (κ1) is 63.9. The maximum absolute atomic E-state index is 14.4. The van der Waals surface area contributed by atoms with E-state index in [4.69, 9.17) is 35.3 Å². The van der Waals surface area contributed by atoms with Crippen molar-refractivity contribution in [3.8, 4) is 5.75 Å². The van der Waals surface area contributed by atoms with Crippen molar-refractivity contribution >= 4 is 91.6 Å². The fourth-order valence-corrected chi connectivity index (χ4v) is 12.6. The SMILES string of the molecule is COc1cc2cc(c1Cl)N(C)C(=O)C[C@H](OC(=O)[C@H](C)N(C)C(=O)CCC(C)(C)SCC(=O)NCCNC(=O)OCc1ccc(SSC(=O)C(C)(C)C)cc1)[C@@]1(C)C[C@H]1[C@H](C)[C@@H]1C[C@@](O)(NC(=O)O1)[C@H](OC)/C=C/C=C(\C)C2. The molecule has 5 amide bonds. The van der Waals surface area contributed by atoms with Crippen molar-refractivity contribution in [3.05, 3.63) is 76.3 Å². The Labute approximate surface area is 476 Å². The Kier molecular flexibility index (Phi) is 22.5. The van der Waals surface area contributed by atoms with Crippen LogP contribution in [0.25, 0.3) is 0 Å². The second-order valence-electron chi connectivity index (χ2n) is 22.2. The standard InChI is InChI=1S/C56H78ClN5O13S3/c1-33-15-14-16-43(72-13)56(70)30-42(74-52(69)60-56)34(2)39-29-55(39,9)44(28-47(65)62(11)40-26-37(25-33)27-41(71-12)48(40)57)75-49(66)35(3)61(10)46(64)21-22-54(7,8)76-32-45(63)58-23-24-59-51(68)73-31-36-17-19-38(20-18-36)77-78-50(67)53(4,5)6/h14-20,26-27,34-35,39,42-44,70H,21-25,28-32H2,1-13H3,(H,58,63)(H,59,68)(H,60,69)/b16-14+,33-15+/t34-,35-,39-,42-,43+,44-,55-,56-/m0/s1. The highest BCUT2D eigenvalue weighted by Crippen LogP contribution is 2.61. The van der Waals surface area contributed by atoms with Gasteiger partial charge in [-0.1, -0.05) is 96.0 Å². The lowest BCUT2D eigenvalue weighted by Crippen LogP contribution is -2.63. The lowest BCUT2D eigenvalue weighted by atomic mass is 9.83. The lowest BCUT2D eigenvalue weighted by molar-refractivity contribution is -0.163. The van der Waals surface area contributed by atoms with Gasteiger partial charge >= 0.3 is 18.2 Å². The molecular formula is C56H78ClN5O13S3. The van der Waals surface area contributed by atoms with Gasteiger partial charge in [-0.15, -0.1) is 11.8 Å². The minimum absolute atomic E-state index is 0.0130. The molecule has 0 unspecified atom stereocenters. The number of nitrogens with one attached hydrogen (secondary N) is 3. The summed E-state index contributed by atoms with van der Waals surface area (Å²) < 4.78 is 28.2. The molecule has 2 aromatic rings. The first-order chi connectivity index (χ1) is 36.5. The Hall–Kier alpha value is -4.93. The number of anilines is 1. The number of thioether (sulfide) groups is 1. The van der Waals surface area contributed by atoms with Gasteiger partial charge in [-0.2, -0.15) is 0 Å². The first-order valence-electron chi connectivity index (χ1n) is 26.0. The molecule has 78 heavy (non-hydrogen) atoms. The van der Waals surface area contributed by atoms with Crippen molar-refractivity contribution in [2.45, 2.75) is 147 Å². The molecule has 4 bridgehead atoms. The number of nitrogens with zero attached hydrogens (tertiary/aromatic N) is 2. The number of esters is 1. The highest BCUT2D eigenvalue weighted by atomic mass is 35.5. The van der Waals surface area contributed by atoms with Gasteiger partial charge in [0.25, 0.3) is 0 Å². The molecule has 430 valence electrons. The summed E-state index contributed by atoms with van der Waals surface area (Å²) in [6, 6.07) is 9.93. The maximum atomic E-state index is 14.4. The monoisotopic (exact) mass is 1160 g/mol. The quantitative estimate of drug-likeness (QED) is 0.0472. The van der Waals surface area contributed by atoms with Crippen LogP contribution in [0.3, 0.4) is 0 Å². The average molecular weight is 1160 g/mol. The Morgan fingerprint density at radius 3 is 2.37 bits per heavy atom. The summed E-state index contributed by atoms with van der Waals surface area (Å²) in [5.41, 5.74) is -0.156. The Bertz CT molecular complexity index is 2580. The number of benzene rings is 2. The van der Waals surface area contributed by atoms with Gasteiger partial charge in [0.2, 0.25) is 22.8 Å². The molecule has 2 heterocycles. The third kappa shape index (κ3) is 17.5. The third-order valence-electron chi connectivity index (χ3n) is 14.6. The molecule has 0 aromatic heterocycles. The normalized spacial score (nSPS) is 25.1. The number of methoxy groups -OCH3 is 2. The van der Waals surface area contributed by atoms with Crippen LogP contribution in [-0.4, -0.2) is 133 Å². The molecule has 2 fully saturated rings. The topological polar surface area (TPSA) is 228 Å². The van der Waals surface area contributed by atoms with Crippen LogP contribution < -0.4 is 25.6 Å². The zero-order valence-electron chi connectivity index (χ0n) is 47.1. The van der Waals surface area contributed by atoms with E-state index < -0.39 is 69.7 Å². The smallest absolute Gasteiger partial charge is 0.409 e. The van der Waals surface area contributed by atoms with Crippen LogP contribution >= 0.6 is 45.0 Å². The van der Waals surface area contributed by atoms with E-state index in [0.29, 0.717) is 30.7 Å². The number of hydrogen-bond acceptors (Lipinski definition) is 16. The number of aliphatic hydroxyl groups is 1. The van der Waals surface area contributed by atoms with Crippen LogP contribution in [0, 0.1) is 22.7 Å². The second-order valence-corrected chi connectivity index (χ2v) is 26.5. The summed E-state index contributed by atoms with van der Waals surface area (Å²) >= 11 is 8.22. The number of hydrogen-bond donors (Lipinski definition) is 4. The summed E-state index contributed by atoms with van der Waals surface area (Å²) in [6.07, 6.45) is 2.25. The first-order valence-corrected chi connectivity index (χ1v) is 29.5. The number of alkyl carbamates (subject to hydrolysis) is 2. The Balaban J connectivity index is 1.16. The van der Waals surface area contributed by atoms with Gasteiger partial charge in [0.1, 0.15) is 41.7 Å². The predicted octanol–water partition coefficient (Wildman–Crippen LogP) is 9.03. The van der Waals surface area contributed by atoms with Crippen molar-refractivity contribution in [1.82, 2.24) is 20.9 Å². The van der Waals surface area contributed by atoms with E-state index in [1.54, 1.807) is 32.2 Å². The van der Waals surface area contributed by atoms with Gasteiger partial charge in [0, 0.05) is 67.6 Å². The van der Waals surface area contributed by atoms with Crippen LogP contribution in [0.5, 0.6) is 5.75 Å². The fraction of sp³-hybridized carbons (Fsp3) is 0.589. The molecular weight excluding hydrogens is 1080 g/mol. The highest BCUT2D eigenvalue weighted by molar-refractivity contribution is 8.82. The van der Waals surface area contributed by atoms with E-state index in [1.807, 2.05) is 91.8 Å².